The average molecular weight is 1030 g/mol. The number of unbranched alkanes of at least 4 members (excludes halogenated alkanes) is 22. The summed E-state index contributed by atoms with van der Waals surface area (Å²) in [5, 5.41) is 86.9. The largest absolute Gasteiger partial charge is 0.394 e. The van der Waals surface area contributed by atoms with Gasteiger partial charge in [-0.05, 0) is 44.9 Å². The van der Waals surface area contributed by atoms with Crippen LogP contribution in [0.15, 0.2) is 72.9 Å². The number of carbonyl (C=O) groups excluding carboxylic acids is 1. The Morgan fingerprint density at radius 2 is 0.932 bits per heavy atom. The van der Waals surface area contributed by atoms with Gasteiger partial charge in [-0.25, -0.2) is 0 Å². The molecule has 0 aromatic heterocycles. The Bertz CT molecular complexity index is 1500. The summed E-state index contributed by atoms with van der Waals surface area (Å²) >= 11 is 0. The second kappa shape index (κ2) is 44.5. The number of aliphatic hydroxyl groups is 8. The van der Waals surface area contributed by atoms with Gasteiger partial charge in [-0.3, -0.25) is 4.79 Å². The van der Waals surface area contributed by atoms with Gasteiger partial charge in [0.1, 0.15) is 48.8 Å². The number of carbonyl (C=O) groups is 1. The van der Waals surface area contributed by atoms with E-state index in [1.54, 1.807) is 12.2 Å². The lowest BCUT2D eigenvalue weighted by Gasteiger charge is -2.46. The molecule has 422 valence electrons. The fraction of sp³-hybridized carbons (Fsp3) is 0.780. The smallest absolute Gasteiger partial charge is 0.224 e. The SMILES string of the molecule is CC/C=C\C/C=C\C/C=C\C/C=C\C/C=C\CC(=O)NC(COC1OC(CO)C(OC2OC(CO)C(O)C(O)C2O)C(O)C1O)C(O)/C=C/CCCCCCCCCCCCCCCCCCCCCCCC. The van der Waals surface area contributed by atoms with Crippen molar-refractivity contribution in [3.63, 3.8) is 0 Å². The van der Waals surface area contributed by atoms with Crippen molar-refractivity contribution in [3.8, 4) is 0 Å². The highest BCUT2D eigenvalue weighted by atomic mass is 16.7. The summed E-state index contributed by atoms with van der Waals surface area (Å²) in [4.78, 5) is 13.1. The maximum absolute atomic E-state index is 13.1. The summed E-state index contributed by atoms with van der Waals surface area (Å²) in [7, 11) is 0. The molecule has 0 spiro atoms. The van der Waals surface area contributed by atoms with Crippen LogP contribution < -0.4 is 5.32 Å². The molecular formula is C59H103NO13. The Morgan fingerprint density at radius 1 is 0.507 bits per heavy atom. The van der Waals surface area contributed by atoms with Crippen molar-refractivity contribution in [1.29, 1.82) is 0 Å². The number of rotatable bonds is 44. The van der Waals surface area contributed by atoms with E-state index in [-0.39, 0.29) is 18.9 Å². The van der Waals surface area contributed by atoms with Gasteiger partial charge >= 0.3 is 0 Å². The van der Waals surface area contributed by atoms with E-state index >= 15 is 0 Å². The molecule has 73 heavy (non-hydrogen) atoms. The third-order valence-corrected chi connectivity index (χ3v) is 13.7. The van der Waals surface area contributed by atoms with Gasteiger partial charge in [0.05, 0.1) is 32.0 Å². The van der Waals surface area contributed by atoms with Crippen LogP contribution in [-0.4, -0.2) is 140 Å². The molecule has 12 atom stereocenters. The highest BCUT2D eigenvalue weighted by Crippen LogP contribution is 2.30. The molecule has 2 aliphatic rings. The lowest BCUT2D eigenvalue weighted by Crippen LogP contribution is -2.65. The lowest BCUT2D eigenvalue weighted by atomic mass is 9.97. The summed E-state index contributed by atoms with van der Waals surface area (Å²) in [5.74, 6) is -0.367. The maximum Gasteiger partial charge on any atom is 0.224 e. The molecule has 0 radical (unpaired) electrons. The zero-order valence-corrected chi connectivity index (χ0v) is 45.1. The summed E-state index contributed by atoms with van der Waals surface area (Å²) in [6, 6.07) is -0.973. The maximum atomic E-state index is 13.1. The summed E-state index contributed by atoms with van der Waals surface area (Å²) < 4.78 is 22.7. The van der Waals surface area contributed by atoms with Crippen molar-refractivity contribution in [2.75, 3.05) is 19.8 Å². The van der Waals surface area contributed by atoms with Crippen LogP contribution >= 0.6 is 0 Å². The van der Waals surface area contributed by atoms with E-state index < -0.39 is 86.8 Å². The Hall–Kier alpha value is -2.57. The van der Waals surface area contributed by atoms with Crippen LogP contribution in [0.5, 0.6) is 0 Å². The van der Waals surface area contributed by atoms with Crippen molar-refractivity contribution in [2.45, 2.75) is 274 Å². The summed E-state index contributed by atoms with van der Waals surface area (Å²) in [6.45, 7) is 2.61. The van der Waals surface area contributed by atoms with Gasteiger partial charge in [0.25, 0.3) is 0 Å². The van der Waals surface area contributed by atoms with E-state index in [4.69, 9.17) is 18.9 Å². The molecule has 9 N–H and O–H groups in total. The van der Waals surface area contributed by atoms with Crippen LogP contribution in [0, 0.1) is 0 Å². The van der Waals surface area contributed by atoms with Crippen LogP contribution in [0.2, 0.25) is 0 Å². The molecule has 1 amide bonds. The first-order valence-electron chi connectivity index (χ1n) is 28.7. The Balaban J connectivity index is 1.80. The number of amides is 1. The van der Waals surface area contributed by atoms with Gasteiger partial charge in [0, 0.05) is 6.42 Å². The minimum Gasteiger partial charge on any atom is -0.394 e. The minimum absolute atomic E-state index is 0.0464. The fourth-order valence-corrected chi connectivity index (χ4v) is 9.06. The average Bonchev–Trinajstić information content (AvgIpc) is 3.39. The predicted octanol–water partition coefficient (Wildman–Crippen LogP) is 9.16. The van der Waals surface area contributed by atoms with E-state index in [0.29, 0.717) is 6.42 Å². The number of ether oxygens (including phenoxy) is 4. The highest BCUT2D eigenvalue weighted by Gasteiger charge is 2.51. The third kappa shape index (κ3) is 30.7. The zero-order chi connectivity index (χ0) is 53.2. The first-order chi connectivity index (χ1) is 35.6. The Morgan fingerprint density at radius 3 is 1.40 bits per heavy atom. The number of nitrogens with one attached hydrogen (secondary N) is 1. The van der Waals surface area contributed by atoms with Crippen LogP contribution in [0.25, 0.3) is 0 Å². The topological polar surface area (TPSA) is 228 Å². The first kappa shape index (κ1) is 66.5. The quantitative estimate of drug-likeness (QED) is 0.0205. The molecule has 0 aromatic rings. The Kier molecular flexibility index (Phi) is 40.6. The molecule has 0 aliphatic carbocycles. The van der Waals surface area contributed by atoms with E-state index in [0.717, 1.165) is 51.4 Å². The van der Waals surface area contributed by atoms with Crippen molar-refractivity contribution >= 4 is 5.91 Å². The molecule has 0 bridgehead atoms. The molecule has 14 nitrogen and oxygen atoms in total. The molecule has 2 heterocycles. The predicted molar refractivity (Wildman–Crippen MR) is 290 cm³/mol. The van der Waals surface area contributed by atoms with E-state index in [1.165, 1.54) is 122 Å². The van der Waals surface area contributed by atoms with E-state index in [1.807, 2.05) is 18.2 Å². The van der Waals surface area contributed by atoms with Gasteiger partial charge in [0.15, 0.2) is 12.6 Å². The van der Waals surface area contributed by atoms with E-state index in [2.05, 4.69) is 61.7 Å². The first-order valence-corrected chi connectivity index (χ1v) is 28.7. The standard InChI is InChI=1S/C59H103NO13/c1-3-5-7-9-11-13-15-17-19-20-21-22-23-24-25-26-27-29-30-32-34-36-38-40-42-48(63)47(60-51(64)43-41-39-37-35-33-31-28-18-16-14-12-10-8-6-4-2)46-70-58-56(69)54(67)57(50(45-62)72-58)73-59-55(68)53(66)52(65)49(44-61)71-59/h6,8,12,14,18,28,33,35,39-42,47-50,52-59,61-63,65-69H,3-5,7,9-11,13,15-17,19-27,29-32,34,36-38,43-46H2,1-2H3,(H,60,64)/b8-6-,14-12-,28-18-,35-33-,41-39-,42-40+. The number of hydrogen-bond acceptors (Lipinski definition) is 13. The number of allylic oxidation sites excluding steroid dienone is 10. The summed E-state index contributed by atoms with van der Waals surface area (Å²) in [6.07, 6.45) is 41.2. The third-order valence-electron chi connectivity index (χ3n) is 13.7. The molecular weight excluding hydrogens is 931 g/mol. The lowest BCUT2D eigenvalue weighted by molar-refractivity contribution is -0.359. The van der Waals surface area contributed by atoms with Crippen LogP contribution in [0.3, 0.4) is 0 Å². The molecule has 0 aromatic carbocycles. The van der Waals surface area contributed by atoms with E-state index in [9.17, 15) is 45.6 Å². The van der Waals surface area contributed by atoms with Crippen molar-refractivity contribution in [2.24, 2.45) is 0 Å². The minimum atomic E-state index is -1.80. The molecule has 2 saturated heterocycles. The Labute approximate surface area is 440 Å². The van der Waals surface area contributed by atoms with Gasteiger partial charge in [-0.2, -0.15) is 0 Å². The second-order valence-corrected chi connectivity index (χ2v) is 20.1. The van der Waals surface area contributed by atoms with Crippen LogP contribution in [-0.2, 0) is 23.7 Å². The molecule has 12 unspecified atom stereocenters. The monoisotopic (exact) mass is 1030 g/mol. The van der Waals surface area contributed by atoms with Crippen molar-refractivity contribution in [3.05, 3.63) is 72.9 Å². The van der Waals surface area contributed by atoms with Crippen LogP contribution in [0.4, 0.5) is 0 Å². The number of hydrogen-bond donors (Lipinski definition) is 9. The zero-order valence-electron chi connectivity index (χ0n) is 45.1. The van der Waals surface area contributed by atoms with Gasteiger partial charge in [-0.1, -0.05) is 222 Å². The van der Waals surface area contributed by atoms with Crippen molar-refractivity contribution < 1.29 is 64.6 Å². The fourth-order valence-electron chi connectivity index (χ4n) is 9.06. The molecule has 0 saturated carbocycles. The van der Waals surface area contributed by atoms with Gasteiger partial charge < -0.3 is 65.1 Å². The molecule has 2 rings (SSSR count). The second-order valence-electron chi connectivity index (χ2n) is 20.1. The van der Waals surface area contributed by atoms with Gasteiger partial charge in [0.2, 0.25) is 5.91 Å². The number of aliphatic hydroxyl groups excluding tert-OH is 8. The van der Waals surface area contributed by atoms with Gasteiger partial charge in [-0.15, -0.1) is 0 Å². The molecule has 14 heteroatoms. The molecule has 2 aliphatic heterocycles. The summed E-state index contributed by atoms with van der Waals surface area (Å²) in [5.41, 5.74) is 0. The van der Waals surface area contributed by atoms with Crippen molar-refractivity contribution in [1.82, 2.24) is 5.32 Å². The highest BCUT2D eigenvalue weighted by molar-refractivity contribution is 5.77. The normalized spacial score (nSPS) is 25.9. The molecule has 2 fully saturated rings. The van der Waals surface area contributed by atoms with Crippen LogP contribution in [0.1, 0.15) is 200 Å².